The van der Waals surface area contributed by atoms with Gasteiger partial charge in [-0.15, -0.1) is 6.42 Å². The van der Waals surface area contributed by atoms with E-state index in [2.05, 4.69) is 15.6 Å². The molecule has 2 aromatic rings. The number of methoxy groups -OCH3 is 1. The highest BCUT2D eigenvalue weighted by atomic mass is 35.5. The van der Waals surface area contributed by atoms with Crippen LogP contribution in [0.3, 0.4) is 0 Å². The Morgan fingerprint density at radius 2 is 2.09 bits per heavy atom. The first-order valence-corrected chi connectivity index (χ1v) is 8.10. The predicted octanol–water partition coefficient (Wildman–Crippen LogP) is 3.18. The van der Waals surface area contributed by atoms with Gasteiger partial charge in [0.15, 0.2) is 4.90 Å². The quantitative estimate of drug-likeness (QED) is 0.854. The number of nitrogens with zero attached hydrogens (tertiary/aromatic N) is 1. The van der Waals surface area contributed by atoms with E-state index in [0.29, 0.717) is 5.56 Å². The first-order valence-electron chi connectivity index (χ1n) is 5.86. The summed E-state index contributed by atoms with van der Waals surface area (Å²) >= 11 is 11.9. The average Bonchev–Trinajstić information content (AvgIpc) is 2.49. The molecule has 0 aliphatic heterocycles. The van der Waals surface area contributed by atoms with Crippen LogP contribution in [0.5, 0.6) is 5.88 Å². The van der Waals surface area contributed by atoms with E-state index >= 15 is 0 Å². The molecule has 5 nitrogen and oxygen atoms in total. The number of nitrogens with one attached hydrogen (secondary N) is 1. The number of rotatable bonds is 4. The minimum absolute atomic E-state index is 0.0823. The van der Waals surface area contributed by atoms with Gasteiger partial charge >= 0.3 is 0 Å². The molecule has 1 aromatic heterocycles. The minimum Gasteiger partial charge on any atom is -0.480 e. The van der Waals surface area contributed by atoms with E-state index < -0.39 is 10.0 Å². The van der Waals surface area contributed by atoms with Crippen molar-refractivity contribution in [1.82, 2.24) is 4.98 Å². The molecular formula is C14H10Cl2N2O3S. The number of terminal acetylenes is 1. The molecule has 1 aromatic carbocycles. The molecule has 1 N–H and O–H groups in total. The molecule has 0 amide bonds. The molecule has 2 rings (SSSR count). The van der Waals surface area contributed by atoms with Gasteiger partial charge in [-0.05, 0) is 18.2 Å². The summed E-state index contributed by atoms with van der Waals surface area (Å²) in [6.07, 6.45) is 6.58. The fourth-order valence-electron chi connectivity index (χ4n) is 1.68. The molecule has 0 bridgehead atoms. The van der Waals surface area contributed by atoms with Crippen molar-refractivity contribution in [3.05, 3.63) is 46.1 Å². The van der Waals surface area contributed by atoms with E-state index in [-0.39, 0.29) is 26.5 Å². The van der Waals surface area contributed by atoms with Gasteiger partial charge in [0.05, 0.1) is 22.8 Å². The van der Waals surface area contributed by atoms with E-state index in [1.165, 1.54) is 25.4 Å². The summed E-state index contributed by atoms with van der Waals surface area (Å²) < 4.78 is 32.3. The Balaban J connectivity index is 2.50. The Morgan fingerprint density at radius 3 is 2.73 bits per heavy atom. The maximum absolute atomic E-state index is 12.5. The molecule has 1 heterocycles. The third-order valence-electron chi connectivity index (χ3n) is 2.67. The number of pyridine rings is 1. The van der Waals surface area contributed by atoms with Crippen molar-refractivity contribution in [2.24, 2.45) is 0 Å². The van der Waals surface area contributed by atoms with Crippen LogP contribution in [0.4, 0.5) is 5.69 Å². The lowest BCUT2D eigenvalue weighted by atomic mass is 10.2. The Morgan fingerprint density at radius 1 is 1.36 bits per heavy atom. The van der Waals surface area contributed by atoms with Gasteiger partial charge in [-0.25, -0.2) is 13.4 Å². The molecule has 0 fully saturated rings. The topological polar surface area (TPSA) is 68.3 Å². The highest BCUT2D eigenvalue weighted by molar-refractivity contribution is 7.92. The van der Waals surface area contributed by atoms with Gasteiger partial charge in [0.1, 0.15) is 0 Å². The van der Waals surface area contributed by atoms with E-state index in [9.17, 15) is 8.42 Å². The minimum atomic E-state index is -4.00. The van der Waals surface area contributed by atoms with Crippen molar-refractivity contribution < 1.29 is 13.2 Å². The van der Waals surface area contributed by atoms with Crippen LogP contribution in [0.15, 0.2) is 35.4 Å². The number of hydrogen-bond acceptors (Lipinski definition) is 4. The second-order valence-corrected chi connectivity index (χ2v) is 6.54. The number of ether oxygens (including phenoxy) is 1. The molecule has 0 saturated heterocycles. The highest BCUT2D eigenvalue weighted by Crippen LogP contribution is 2.30. The number of hydrogen-bond donors (Lipinski definition) is 1. The molecule has 0 saturated carbocycles. The number of sulfonamides is 1. The number of benzene rings is 1. The summed E-state index contributed by atoms with van der Waals surface area (Å²) in [4.78, 5) is 3.62. The zero-order chi connectivity index (χ0) is 16.3. The molecular weight excluding hydrogens is 347 g/mol. The van der Waals surface area contributed by atoms with Crippen molar-refractivity contribution in [2.75, 3.05) is 11.8 Å². The van der Waals surface area contributed by atoms with E-state index in [4.69, 9.17) is 34.4 Å². The Bertz CT molecular complexity index is 861. The predicted molar refractivity (Wildman–Crippen MR) is 86.0 cm³/mol. The lowest BCUT2D eigenvalue weighted by molar-refractivity contribution is 0.385. The number of halogens is 2. The van der Waals surface area contributed by atoms with Crippen LogP contribution in [-0.4, -0.2) is 20.5 Å². The van der Waals surface area contributed by atoms with E-state index in [0.717, 1.165) is 0 Å². The van der Waals surface area contributed by atoms with Crippen LogP contribution < -0.4 is 9.46 Å². The molecule has 0 unspecified atom stereocenters. The van der Waals surface area contributed by atoms with Crippen LogP contribution in [0, 0.1) is 12.3 Å². The van der Waals surface area contributed by atoms with Gasteiger partial charge in [0.25, 0.3) is 10.0 Å². The fraction of sp³-hybridized carbons (Fsp3) is 0.0714. The molecule has 22 heavy (non-hydrogen) atoms. The van der Waals surface area contributed by atoms with Crippen LogP contribution in [0.25, 0.3) is 0 Å². The summed E-state index contributed by atoms with van der Waals surface area (Å²) in [5.41, 5.74) is 0.525. The summed E-state index contributed by atoms with van der Waals surface area (Å²) in [6.45, 7) is 0. The van der Waals surface area contributed by atoms with E-state index in [1.54, 1.807) is 12.1 Å². The second kappa shape index (κ2) is 6.44. The van der Waals surface area contributed by atoms with Gasteiger partial charge in [-0.3, -0.25) is 4.72 Å². The molecule has 0 radical (unpaired) electrons. The first kappa shape index (κ1) is 16.4. The number of anilines is 1. The summed E-state index contributed by atoms with van der Waals surface area (Å²) in [6, 6.07) is 5.91. The normalized spacial score (nSPS) is 10.8. The van der Waals surface area contributed by atoms with Crippen LogP contribution in [-0.2, 0) is 10.0 Å². The van der Waals surface area contributed by atoms with Crippen LogP contribution in [0.1, 0.15) is 5.56 Å². The lowest BCUT2D eigenvalue weighted by Gasteiger charge is -2.12. The van der Waals surface area contributed by atoms with Crippen LogP contribution in [0.2, 0.25) is 10.0 Å². The van der Waals surface area contributed by atoms with Crippen molar-refractivity contribution in [3.8, 4) is 18.2 Å². The Hall–Kier alpha value is -1.94. The summed E-state index contributed by atoms with van der Waals surface area (Å²) in [5, 5.41) is 0.284. The third kappa shape index (κ3) is 3.28. The maximum atomic E-state index is 12.5. The molecule has 0 aliphatic rings. The molecule has 0 atom stereocenters. The molecule has 0 aliphatic carbocycles. The smallest absolute Gasteiger partial charge is 0.267 e. The highest BCUT2D eigenvalue weighted by Gasteiger charge is 2.22. The standard InChI is InChI=1S/C14H10Cl2N2O3S/c1-3-9-5-4-6-11(13(9)16)18-22(19,20)12-7-10(15)8-17-14(12)21-2/h1,4-8,18H,2H3. The fourth-order valence-corrected chi connectivity index (χ4v) is 3.40. The van der Waals surface area contributed by atoms with E-state index in [1.807, 2.05) is 0 Å². The first-order chi connectivity index (χ1) is 10.4. The van der Waals surface area contributed by atoms with Crippen molar-refractivity contribution in [1.29, 1.82) is 0 Å². The van der Waals surface area contributed by atoms with Crippen molar-refractivity contribution in [3.63, 3.8) is 0 Å². The van der Waals surface area contributed by atoms with Crippen LogP contribution >= 0.6 is 23.2 Å². The van der Waals surface area contributed by atoms with Gasteiger partial charge in [0, 0.05) is 11.8 Å². The van der Waals surface area contributed by atoms with Gasteiger partial charge < -0.3 is 4.74 Å². The molecule has 114 valence electrons. The summed E-state index contributed by atoms with van der Waals surface area (Å²) in [5.74, 6) is 2.29. The zero-order valence-electron chi connectivity index (χ0n) is 11.3. The van der Waals surface area contributed by atoms with Gasteiger partial charge in [-0.2, -0.15) is 0 Å². The van der Waals surface area contributed by atoms with Crippen molar-refractivity contribution in [2.45, 2.75) is 4.90 Å². The Labute approximate surface area is 138 Å². The zero-order valence-corrected chi connectivity index (χ0v) is 13.6. The van der Waals surface area contributed by atoms with Crippen molar-refractivity contribution >= 4 is 38.9 Å². The third-order valence-corrected chi connectivity index (χ3v) is 4.64. The largest absolute Gasteiger partial charge is 0.480 e. The maximum Gasteiger partial charge on any atom is 0.267 e. The van der Waals surface area contributed by atoms with Gasteiger partial charge in [-0.1, -0.05) is 35.2 Å². The second-order valence-electron chi connectivity index (χ2n) is 4.08. The van der Waals surface area contributed by atoms with Gasteiger partial charge in [0.2, 0.25) is 5.88 Å². The number of aromatic nitrogens is 1. The molecule has 8 heteroatoms. The lowest BCUT2D eigenvalue weighted by Crippen LogP contribution is -2.15. The summed E-state index contributed by atoms with van der Waals surface area (Å²) in [7, 11) is -2.69. The monoisotopic (exact) mass is 356 g/mol. The molecule has 0 spiro atoms. The SMILES string of the molecule is C#Cc1cccc(NS(=O)(=O)c2cc(Cl)cnc2OC)c1Cl. The Kier molecular flexibility index (Phi) is 4.81. The average molecular weight is 357 g/mol.